The Morgan fingerprint density at radius 2 is 1.87 bits per heavy atom. The van der Waals surface area contributed by atoms with E-state index in [2.05, 4.69) is 5.32 Å². The van der Waals surface area contributed by atoms with Crippen LogP contribution in [0.25, 0.3) is 0 Å². The highest BCUT2D eigenvalue weighted by atomic mass is 16.5. The van der Waals surface area contributed by atoms with Crippen LogP contribution < -0.4 is 5.32 Å². The molecule has 1 rings (SSSR count). The van der Waals surface area contributed by atoms with Crippen LogP contribution in [0.5, 0.6) is 0 Å². The number of nitrogens with one attached hydrogen (secondary N) is 1. The predicted molar refractivity (Wildman–Crippen MR) is 119 cm³/mol. The van der Waals surface area contributed by atoms with E-state index in [9.17, 15) is 14.4 Å². The number of esters is 1. The molecule has 0 bridgehead atoms. The molecular formula is C23H41N3O4. The second-order valence-corrected chi connectivity index (χ2v) is 9.70. The van der Waals surface area contributed by atoms with E-state index in [1.54, 1.807) is 31.9 Å². The van der Waals surface area contributed by atoms with Crippen LogP contribution in [0.2, 0.25) is 0 Å². The fourth-order valence-electron chi connectivity index (χ4n) is 3.80. The van der Waals surface area contributed by atoms with E-state index in [1.807, 2.05) is 46.6 Å². The molecule has 0 aromatic rings. The summed E-state index contributed by atoms with van der Waals surface area (Å²) in [5.41, 5.74) is 0.0127. The van der Waals surface area contributed by atoms with E-state index in [4.69, 9.17) is 4.74 Å². The van der Waals surface area contributed by atoms with E-state index in [0.29, 0.717) is 12.2 Å². The lowest BCUT2D eigenvalue weighted by molar-refractivity contribution is -0.141. The predicted octanol–water partition coefficient (Wildman–Crippen LogP) is 2.60. The number of likely N-dealkylation sites (N-methyl/N-ethyl adjacent to an activating group) is 2. The molecule has 1 aliphatic rings. The first-order chi connectivity index (χ1) is 13.8. The van der Waals surface area contributed by atoms with E-state index in [-0.39, 0.29) is 35.8 Å². The smallest absolute Gasteiger partial charge is 0.333 e. The third-order valence-electron chi connectivity index (χ3n) is 5.72. The van der Waals surface area contributed by atoms with Gasteiger partial charge >= 0.3 is 5.97 Å². The summed E-state index contributed by atoms with van der Waals surface area (Å²) in [4.78, 5) is 42.1. The van der Waals surface area contributed by atoms with Gasteiger partial charge in [-0.25, -0.2) is 4.79 Å². The second-order valence-electron chi connectivity index (χ2n) is 9.70. The number of carbonyl (C=O) groups is 3. The van der Waals surface area contributed by atoms with Gasteiger partial charge in [-0.2, -0.15) is 0 Å². The van der Waals surface area contributed by atoms with E-state index in [1.165, 1.54) is 0 Å². The molecule has 1 fully saturated rings. The van der Waals surface area contributed by atoms with Gasteiger partial charge < -0.3 is 15.0 Å². The molecule has 7 heteroatoms. The van der Waals surface area contributed by atoms with Gasteiger partial charge in [0.2, 0.25) is 11.8 Å². The molecule has 1 aliphatic heterocycles. The summed E-state index contributed by atoms with van der Waals surface area (Å²) in [5.74, 6) is -0.561. The van der Waals surface area contributed by atoms with Crippen LogP contribution in [0.4, 0.5) is 0 Å². The quantitative estimate of drug-likeness (QED) is 0.480. The van der Waals surface area contributed by atoms with Gasteiger partial charge in [-0.1, -0.05) is 40.7 Å². The highest BCUT2D eigenvalue weighted by Crippen LogP contribution is 2.25. The summed E-state index contributed by atoms with van der Waals surface area (Å²) in [7, 11) is 3.67. The Bertz CT molecular complexity index is 651. The lowest BCUT2D eigenvalue weighted by atomic mass is 9.85. The molecular weight excluding hydrogens is 382 g/mol. The molecule has 0 aromatic heterocycles. The number of rotatable bonds is 8. The summed E-state index contributed by atoms with van der Waals surface area (Å²) in [5, 5.41) is 3.02. The fourth-order valence-corrected chi connectivity index (χ4v) is 3.80. The molecule has 1 N–H and O–H groups in total. The van der Waals surface area contributed by atoms with Crippen molar-refractivity contribution in [3.05, 3.63) is 11.6 Å². The third kappa shape index (κ3) is 6.83. The van der Waals surface area contributed by atoms with Gasteiger partial charge in [0.15, 0.2) is 0 Å². The molecule has 7 nitrogen and oxygen atoms in total. The standard InChI is InChI=1S/C23H41N3O4/c1-10-30-22(29)16(4)14-18(15(2)3)26(9)21(28)19(23(5,6)7)24-20(27)17-12-11-13-25(17)8/h14-15,17-19H,10-13H2,1-9H3,(H,24,27)/t17-,18-,19-/m1/s1. The molecule has 1 heterocycles. The van der Waals surface area contributed by atoms with Crippen molar-refractivity contribution in [2.24, 2.45) is 11.3 Å². The number of amides is 2. The van der Waals surface area contributed by atoms with Crippen LogP contribution in [-0.2, 0) is 19.1 Å². The number of nitrogens with zero attached hydrogens (tertiary/aromatic N) is 2. The molecule has 3 atom stereocenters. The second kappa shape index (κ2) is 10.9. The maximum absolute atomic E-state index is 13.5. The SMILES string of the molecule is CCOC(=O)C(C)=C[C@H](C(C)C)N(C)C(=O)[C@@H](NC(=O)[C@H]1CCCN1C)C(C)(C)C. The van der Waals surface area contributed by atoms with Gasteiger partial charge in [0.25, 0.3) is 0 Å². The van der Waals surface area contributed by atoms with Crippen LogP contribution in [-0.4, -0.2) is 73.0 Å². The Kier molecular flexibility index (Phi) is 9.53. The molecule has 0 unspecified atom stereocenters. The summed E-state index contributed by atoms with van der Waals surface area (Å²) in [6, 6.07) is -1.15. The molecule has 2 amide bonds. The minimum atomic E-state index is -0.665. The number of carbonyl (C=O) groups excluding carboxylic acids is 3. The lowest BCUT2D eigenvalue weighted by Crippen LogP contribution is -2.58. The monoisotopic (exact) mass is 423 g/mol. The molecule has 0 spiro atoms. The number of hydrogen-bond acceptors (Lipinski definition) is 5. The highest BCUT2D eigenvalue weighted by Gasteiger charge is 2.39. The van der Waals surface area contributed by atoms with Gasteiger partial charge in [-0.05, 0) is 51.6 Å². The van der Waals surface area contributed by atoms with Gasteiger partial charge in [-0.15, -0.1) is 0 Å². The van der Waals surface area contributed by atoms with Gasteiger partial charge in [0, 0.05) is 12.6 Å². The van der Waals surface area contributed by atoms with Gasteiger partial charge in [0.1, 0.15) is 6.04 Å². The molecule has 0 saturated carbocycles. The zero-order chi connectivity index (χ0) is 23.2. The number of hydrogen-bond donors (Lipinski definition) is 1. The zero-order valence-corrected chi connectivity index (χ0v) is 20.2. The Hall–Kier alpha value is -1.89. The first-order valence-electron chi connectivity index (χ1n) is 10.9. The molecule has 1 saturated heterocycles. The van der Waals surface area contributed by atoms with Gasteiger partial charge in [0.05, 0.1) is 18.7 Å². The van der Waals surface area contributed by atoms with Crippen LogP contribution >= 0.6 is 0 Å². The maximum Gasteiger partial charge on any atom is 0.333 e. The Morgan fingerprint density at radius 3 is 2.30 bits per heavy atom. The van der Waals surface area contributed by atoms with Crippen LogP contribution in [0.1, 0.15) is 61.3 Å². The lowest BCUT2D eigenvalue weighted by Gasteiger charge is -2.38. The normalized spacial score (nSPS) is 20.1. The molecule has 30 heavy (non-hydrogen) atoms. The summed E-state index contributed by atoms with van der Waals surface area (Å²) >= 11 is 0. The topological polar surface area (TPSA) is 79.0 Å². The highest BCUT2D eigenvalue weighted by molar-refractivity contribution is 5.91. The van der Waals surface area contributed by atoms with Crippen LogP contribution in [0, 0.1) is 11.3 Å². The van der Waals surface area contributed by atoms with Gasteiger partial charge in [-0.3, -0.25) is 14.5 Å². The fraction of sp³-hybridized carbons (Fsp3) is 0.783. The van der Waals surface area contributed by atoms with Crippen LogP contribution in [0.15, 0.2) is 11.6 Å². The van der Waals surface area contributed by atoms with E-state index < -0.39 is 11.5 Å². The average Bonchev–Trinajstić information content (AvgIpc) is 3.07. The maximum atomic E-state index is 13.5. The van der Waals surface area contributed by atoms with Crippen molar-refractivity contribution in [2.75, 3.05) is 27.2 Å². The molecule has 172 valence electrons. The van der Waals surface area contributed by atoms with Crippen molar-refractivity contribution in [1.29, 1.82) is 0 Å². The van der Waals surface area contributed by atoms with Crippen molar-refractivity contribution in [3.8, 4) is 0 Å². The van der Waals surface area contributed by atoms with E-state index >= 15 is 0 Å². The molecule has 0 radical (unpaired) electrons. The summed E-state index contributed by atoms with van der Waals surface area (Å²) in [6.45, 7) is 14.5. The van der Waals surface area contributed by atoms with Crippen molar-refractivity contribution >= 4 is 17.8 Å². The Morgan fingerprint density at radius 1 is 1.27 bits per heavy atom. The van der Waals surface area contributed by atoms with Crippen molar-refractivity contribution in [3.63, 3.8) is 0 Å². The number of likely N-dealkylation sites (tertiary alicyclic amines) is 1. The largest absolute Gasteiger partial charge is 0.463 e. The molecule has 0 aliphatic carbocycles. The van der Waals surface area contributed by atoms with E-state index in [0.717, 1.165) is 19.4 Å². The van der Waals surface area contributed by atoms with Crippen molar-refractivity contribution in [1.82, 2.24) is 15.1 Å². The van der Waals surface area contributed by atoms with Crippen LogP contribution in [0.3, 0.4) is 0 Å². The first-order valence-corrected chi connectivity index (χ1v) is 10.9. The Labute approximate surface area is 182 Å². The average molecular weight is 424 g/mol. The van der Waals surface area contributed by atoms with Crippen molar-refractivity contribution in [2.45, 2.75) is 79.4 Å². The third-order valence-corrected chi connectivity index (χ3v) is 5.72. The minimum Gasteiger partial charge on any atom is -0.463 e. The summed E-state index contributed by atoms with van der Waals surface area (Å²) in [6.07, 6.45) is 3.57. The number of ether oxygens (including phenoxy) is 1. The summed E-state index contributed by atoms with van der Waals surface area (Å²) < 4.78 is 5.07. The minimum absolute atomic E-state index is 0.0839. The van der Waals surface area contributed by atoms with Crippen molar-refractivity contribution < 1.29 is 19.1 Å². The zero-order valence-electron chi connectivity index (χ0n) is 20.2. The Balaban J connectivity index is 3.09. The molecule has 0 aromatic carbocycles. The first kappa shape index (κ1) is 26.1.